The van der Waals surface area contributed by atoms with E-state index in [0.717, 1.165) is 54.0 Å². The maximum atomic E-state index is 11.1. The summed E-state index contributed by atoms with van der Waals surface area (Å²) >= 11 is 0. The smallest absolute Gasteiger partial charge is 0.307 e. The molecule has 160 valence electrons. The van der Waals surface area contributed by atoms with Crippen molar-refractivity contribution in [2.45, 2.75) is 32.2 Å². The van der Waals surface area contributed by atoms with Gasteiger partial charge in [0, 0.05) is 24.7 Å². The number of carboxylic acid groups (broad SMARTS) is 1. The Morgan fingerprint density at radius 2 is 2.03 bits per heavy atom. The molecule has 1 aromatic heterocycles. The van der Waals surface area contributed by atoms with Gasteiger partial charge in [-0.15, -0.1) is 0 Å². The predicted molar refractivity (Wildman–Crippen MR) is 123 cm³/mol. The average Bonchev–Trinajstić information content (AvgIpc) is 2.79. The molecule has 0 bridgehead atoms. The standard InChI is InChI=1S/C26H29N3O2/c1-18-9-10-19(14-21(18)16-25(30)31)11-13-28-26(20-6-3-2-4-7-20)22-15-24-23(29-17-22)8-5-12-27-24/h2-10,12,14,22,26,28-29H,11,13,15-17H2,1H3,(H,30,31)/t22-,26-/m1/s1. The van der Waals surface area contributed by atoms with Crippen LogP contribution in [0, 0.1) is 12.8 Å². The molecular formula is C26H29N3O2. The van der Waals surface area contributed by atoms with Crippen molar-refractivity contribution in [2.75, 3.05) is 18.4 Å². The number of pyridine rings is 1. The molecule has 5 heteroatoms. The van der Waals surface area contributed by atoms with Crippen LogP contribution in [0.4, 0.5) is 5.69 Å². The lowest BCUT2D eigenvalue weighted by atomic mass is 9.86. The van der Waals surface area contributed by atoms with Crippen LogP contribution in [0.5, 0.6) is 0 Å². The van der Waals surface area contributed by atoms with E-state index < -0.39 is 5.97 Å². The second-order valence-corrected chi connectivity index (χ2v) is 8.27. The molecule has 0 unspecified atom stereocenters. The number of aliphatic carboxylic acids is 1. The van der Waals surface area contributed by atoms with Crippen LogP contribution in [-0.2, 0) is 24.1 Å². The van der Waals surface area contributed by atoms with Crippen molar-refractivity contribution in [2.24, 2.45) is 5.92 Å². The van der Waals surface area contributed by atoms with Crippen molar-refractivity contribution >= 4 is 11.7 Å². The van der Waals surface area contributed by atoms with Crippen molar-refractivity contribution in [3.05, 3.63) is 94.8 Å². The summed E-state index contributed by atoms with van der Waals surface area (Å²) in [5.41, 5.74) is 6.62. The number of fused-ring (bicyclic) bond motifs is 1. The van der Waals surface area contributed by atoms with E-state index in [1.165, 1.54) is 5.56 Å². The third kappa shape index (κ3) is 5.30. The molecule has 4 rings (SSSR count). The fraction of sp³-hybridized carbons (Fsp3) is 0.308. The Labute approximate surface area is 183 Å². The van der Waals surface area contributed by atoms with Crippen LogP contribution in [0.2, 0.25) is 0 Å². The molecule has 2 atom stereocenters. The van der Waals surface area contributed by atoms with E-state index in [2.05, 4.69) is 52.0 Å². The van der Waals surface area contributed by atoms with Crippen LogP contribution in [0.3, 0.4) is 0 Å². The van der Waals surface area contributed by atoms with E-state index in [1.54, 1.807) is 0 Å². The quantitative estimate of drug-likeness (QED) is 0.515. The number of nitrogens with one attached hydrogen (secondary N) is 2. The van der Waals surface area contributed by atoms with Crippen LogP contribution in [-0.4, -0.2) is 29.1 Å². The molecule has 1 aliphatic rings. The van der Waals surface area contributed by atoms with Gasteiger partial charge < -0.3 is 15.7 Å². The van der Waals surface area contributed by atoms with Crippen molar-refractivity contribution in [3.8, 4) is 0 Å². The Morgan fingerprint density at radius 1 is 1.19 bits per heavy atom. The fourth-order valence-electron chi connectivity index (χ4n) is 4.38. The minimum atomic E-state index is -0.791. The average molecular weight is 416 g/mol. The summed E-state index contributed by atoms with van der Waals surface area (Å²) in [4.78, 5) is 15.7. The van der Waals surface area contributed by atoms with Crippen molar-refractivity contribution in [1.29, 1.82) is 0 Å². The Bertz CT molecular complexity index is 1040. The third-order valence-electron chi connectivity index (χ3n) is 6.06. The molecule has 0 aliphatic carbocycles. The van der Waals surface area contributed by atoms with Crippen LogP contribution >= 0.6 is 0 Å². The first kappa shape index (κ1) is 21.1. The van der Waals surface area contributed by atoms with Gasteiger partial charge in [-0.05, 0) is 60.7 Å². The summed E-state index contributed by atoms with van der Waals surface area (Å²) in [6.45, 7) is 3.69. The molecule has 5 nitrogen and oxygen atoms in total. The zero-order chi connectivity index (χ0) is 21.6. The molecule has 3 N–H and O–H groups in total. The van der Waals surface area contributed by atoms with E-state index in [9.17, 15) is 4.79 Å². The highest BCUT2D eigenvalue weighted by Gasteiger charge is 2.27. The number of nitrogens with zero attached hydrogens (tertiary/aromatic N) is 1. The van der Waals surface area contributed by atoms with Gasteiger partial charge >= 0.3 is 5.97 Å². The highest BCUT2D eigenvalue weighted by Crippen LogP contribution is 2.31. The van der Waals surface area contributed by atoms with Gasteiger partial charge in [-0.1, -0.05) is 48.5 Å². The van der Waals surface area contributed by atoms with Gasteiger partial charge in [-0.25, -0.2) is 0 Å². The largest absolute Gasteiger partial charge is 0.481 e. The van der Waals surface area contributed by atoms with E-state index in [0.29, 0.717) is 5.92 Å². The summed E-state index contributed by atoms with van der Waals surface area (Å²) in [7, 11) is 0. The molecule has 0 spiro atoms. The second kappa shape index (κ2) is 9.75. The van der Waals surface area contributed by atoms with Gasteiger partial charge in [0.05, 0.1) is 17.8 Å². The minimum Gasteiger partial charge on any atom is -0.481 e. The van der Waals surface area contributed by atoms with Gasteiger partial charge in [-0.2, -0.15) is 0 Å². The zero-order valence-electron chi connectivity index (χ0n) is 17.8. The normalized spacial score (nSPS) is 16.2. The monoisotopic (exact) mass is 415 g/mol. The molecule has 0 saturated heterocycles. The van der Waals surface area contributed by atoms with Gasteiger partial charge in [0.25, 0.3) is 0 Å². The number of benzene rings is 2. The van der Waals surface area contributed by atoms with Crippen LogP contribution in [0.15, 0.2) is 66.9 Å². The molecule has 0 saturated carbocycles. The number of rotatable bonds is 8. The second-order valence-electron chi connectivity index (χ2n) is 8.27. The van der Waals surface area contributed by atoms with Crippen LogP contribution < -0.4 is 10.6 Å². The van der Waals surface area contributed by atoms with Crippen LogP contribution in [0.1, 0.15) is 34.0 Å². The maximum absolute atomic E-state index is 11.1. The molecule has 0 amide bonds. The summed E-state index contributed by atoms with van der Waals surface area (Å²) in [5.74, 6) is -0.397. The predicted octanol–water partition coefficient (Wildman–Crippen LogP) is 4.17. The molecule has 2 aromatic carbocycles. The summed E-state index contributed by atoms with van der Waals surface area (Å²) in [6, 6.07) is 21.0. The Balaban J connectivity index is 1.46. The third-order valence-corrected chi connectivity index (χ3v) is 6.06. The lowest BCUT2D eigenvalue weighted by Crippen LogP contribution is -2.37. The number of aryl methyl sites for hydroxylation is 1. The van der Waals surface area contributed by atoms with Crippen molar-refractivity contribution in [1.82, 2.24) is 10.3 Å². The first-order valence-electron chi connectivity index (χ1n) is 10.9. The number of carbonyl (C=O) groups is 1. The van der Waals surface area contributed by atoms with Gasteiger partial charge in [0.2, 0.25) is 0 Å². The van der Waals surface area contributed by atoms with E-state index in [-0.39, 0.29) is 12.5 Å². The Morgan fingerprint density at radius 3 is 2.84 bits per heavy atom. The number of anilines is 1. The Hall–Kier alpha value is -3.18. The van der Waals surface area contributed by atoms with Crippen molar-refractivity contribution in [3.63, 3.8) is 0 Å². The number of hydrogen-bond acceptors (Lipinski definition) is 4. The summed E-state index contributed by atoms with van der Waals surface area (Å²) < 4.78 is 0. The fourth-order valence-corrected chi connectivity index (χ4v) is 4.38. The lowest BCUT2D eigenvalue weighted by Gasteiger charge is -2.33. The molecular weight excluding hydrogens is 386 g/mol. The molecule has 0 radical (unpaired) electrons. The first-order valence-corrected chi connectivity index (χ1v) is 10.9. The first-order chi connectivity index (χ1) is 15.1. The topological polar surface area (TPSA) is 74.2 Å². The SMILES string of the molecule is Cc1ccc(CCN[C@H](c2ccccc2)[C@H]2CNc3cccnc3C2)cc1CC(=O)O. The van der Waals surface area contributed by atoms with Crippen molar-refractivity contribution < 1.29 is 9.90 Å². The van der Waals surface area contributed by atoms with Gasteiger partial charge in [0.1, 0.15) is 0 Å². The number of aromatic nitrogens is 1. The lowest BCUT2D eigenvalue weighted by molar-refractivity contribution is -0.136. The molecule has 1 aliphatic heterocycles. The van der Waals surface area contributed by atoms with Gasteiger partial charge in [0.15, 0.2) is 0 Å². The molecule has 31 heavy (non-hydrogen) atoms. The van der Waals surface area contributed by atoms with E-state index in [1.807, 2.05) is 37.4 Å². The summed E-state index contributed by atoms with van der Waals surface area (Å²) in [5, 5.41) is 16.5. The molecule has 3 aromatic rings. The highest BCUT2D eigenvalue weighted by atomic mass is 16.4. The molecule has 0 fully saturated rings. The number of hydrogen-bond donors (Lipinski definition) is 3. The van der Waals surface area contributed by atoms with E-state index >= 15 is 0 Å². The maximum Gasteiger partial charge on any atom is 0.307 e. The summed E-state index contributed by atoms with van der Waals surface area (Å²) in [6.07, 6.45) is 3.72. The minimum absolute atomic E-state index is 0.0693. The van der Waals surface area contributed by atoms with Crippen LogP contribution in [0.25, 0.3) is 0 Å². The van der Waals surface area contributed by atoms with Gasteiger partial charge in [-0.3, -0.25) is 9.78 Å². The highest BCUT2D eigenvalue weighted by molar-refractivity contribution is 5.70. The zero-order valence-corrected chi connectivity index (χ0v) is 17.8. The van der Waals surface area contributed by atoms with E-state index in [4.69, 9.17) is 5.11 Å². The Kier molecular flexibility index (Phi) is 6.63. The molecule has 2 heterocycles. The number of carboxylic acids is 1.